The van der Waals surface area contributed by atoms with Gasteiger partial charge in [0.25, 0.3) is 0 Å². The van der Waals surface area contributed by atoms with E-state index in [0.717, 1.165) is 26.7 Å². The fraction of sp³-hybridized carbons (Fsp3) is 0.105. The second-order valence-electron chi connectivity index (χ2n) is 6.04. The van der Waals surface area contributed by atoms with Crippen LogP contribution in [0.5, 0.6) is 0 Å². The summed E-state index contributed by atoms with van der Waals surface area (Å²) in [7, 11) is 0. The topological polar surface area (TPSA) is 107 Å². The number of urea groups is 1. The summed E-state index contributed by atoms with van der Waals surface area (Å²) < 4.78 is 0.946. The van der Waals surface area contributed by atoms with E-state index in [1.54, 1.807) is 6.20 Å². The Bertz CT molecular complexity index is 1100. The van der Waals surface area contributed by atoms with Crippen LogP contribution in [0, 0.1) is 0 Å². The molecule has 0 fully saturated rings. The van der Waals surface area contributed by atoms with Crippen molar-refractivity contribution in [3.05, 3.63) is 60.3 Å². The van der Waals surface area contributed by atoms with E-state index in [-0.39, 0.29) is 6.42 Å². The standard InChI is InChI=1S/C19H16N4O3S/c24-17(25)15(9-11-10-20-13-6-2-1-5-12(11)13)21-18(26)23-19-22-14-7-3-4-8-16(14)27-19/h1-8,10,15,20H,9H2,(H,24,25)(H2,21,22,23,26)/t15-/m1/s1. The molecule has 8 heteroatoms. The van der Waals surface area contributed by atoms with Gasteiger partial charge in [0.2, 0.25) is 0 Å². The number of amides is 2. The lowest BCUT2D eigenvalue weighted by atomic mass is 10.1. The maximum Gasteiger partial charge on any atom is 0.326 e. The Morgan fingerprint density at radius 2 is 1.93 bits per heavy atom. The number of hydrogen-bond donors (Lipinski definition) is 4. The number of anilines is 1. The van der Waals surface area contributed by atoms with E-state index in [0.29, 0.717) is 5.13 Å². The van der Waals surface area contributed by atoms with Gasteiger partial charge in [-0.1, -0.05) is 41.7 Å². The second kappa shape index (κ2) is 7.08. The molecule has 0 saturated heterocycles. The number of fused-ring (bicyclic) bond motifs is 2. The quantitative estimate of drug-likeness (QED) is 0.424. The molecule has 0 aliphatic heterocycles. The minimum absolute atomic E-state index is 0.173. The minimum atomic E-state index is -1.10. The van der Waals surface area contributed by atoms with Crippen LogP contribution in [0.15, 0.2) is 54.7 Å². The van der Waals surface area contributed by atoms with Crippen LogP contribution in [0.4, 0.5) is 9.93 Å². The van der Waals surface area contributed by atoms with Gasteiger partial charge in [-0.05, 0) is 23.8 Å². The molecule has 0 aliphatic rings. The third-order valence-corrected chi connectivity index (χ3v) is 5.17. The highest BCUT2D eigenvalue weighted by molar-refractivity contribution is 7.22. The van der Waals surface area contributed by atoms with Crippen molar-refractivity contribution in [2.24, 2.45) is 0 Å². The summed E-state index contributed by atoms with van der Waals surface area (Å²) >= 11 is 1.33. The Balaban J connectivity index is 1.47. The fourth-order valence-electron chi connectivity index (χ4n) is 2.94. The SMILES string of the molecule is O=C(Nc1nc2ccccc2s1)N[C@H](Cc1c[nH]c2ccccc12)C(=O)O. The lowest BCUT2D eigenvalue weighted by molar-refractivity contribution is -0.139. The summed E-state index contributed by atoms with van der Waals surface area (Å²) in [6, 6.07) is 13.5. The first kappa shape index (κ1) is 17.0. The number of carbonyl (C=O) groups is 2. The Morgan fingerprint density at radius 3 is 2.74 bits per heavy atom. The largest absolute Gasteiger partial charge is 0.480 e. The number of carboxylic acids is 1. The molecular formula is C19H16N4O3S. The molecule has 0 bridgehead atoms. The van der Waals surface area contributed by atoms with Gasteiger partial charge in [0.1, 0.15) is 6.04 Å². The molecule has 2 heterocycles. The van der Waals surface area contributed by atoms with E-state index in [1.165, 1.54) is 11.3 Å². The Kier molecular flexibility index (Phi) is 4.47. The van der Waals surface area contributed by atoms with E-state index in [1.807, 2.05) is 48.5 Å². The van der Waals surface area contributed by atoms with Crippen LogP contribution in [-0.4, -0.2) is 33.1 Å². The molecule has 4 N–H and O–H groups in total. The second-order valence-corrected chi connectivity index (χ2v) is 7.07. The highest BCUT2D eigenvalue weighted by atomic mass is 32.1. The molecule has 4 aromatic rings. The summed E-state index contributed by atoms with van der Waals surface area (Å²) in [5.74, 6) is -1.10. The average Bonchev–Trinajstić information content (AvgIpc) is 3.24. The van der Waals surface area contributed by atoms with E-state index in [2.05, 4.69) is 20.6 Å². The van der Waals surface area contributed by atoms with Crippen LogP contribution in [0.3, 0.4) is 0 Å². The molecule has 2 aromatic heterocycles. The summed E-state index contributed by atoms with van der Waals surface area (Å²) in [6.45, 7) is 0. The lowest BCUT2D eigenvalue weighted by Crippen LogP contribution is -2.44. The maximum atomic E-state index is 12.3. The Hall–Kier alpha value is -3.39. The van der Waals surface area contributed by atoms with Crippen LogP contribution in [0.1, 0.15) is 5.56 Å². The highest BCUT2D eigenvalue weighted by Crippen LogP contribution is 2.25. The van der Waals surface area contributed by atoms with Gasteiger partial charge in [0.15, 0.2) is 5.13 Å². The number of aromatic amines is 1. The molecule has 2 amide bonds. The summed E-state index contributed by atoms with van der Waals surface area (Å²) in [5, 5.41) is 16.0. The van der Waals surface area contributed by atoms with E-state index >= 15 is 0 Å². The van der Waals surface area contributed by atoms with Crippen molar-refractivity contribution in [1.82, 2.24) is 15.3 Å². The third kappa shape index (κ3) is 3.61. The molecule has 4 rings (SSSR count). The molecular weight excluding hydrogens is 364 g/mol. The van der Waals surface area contributed by atoms with Gasteiger partial charge < -0.3 is 15.4 Å². The number of nitrogens with one attached hydrogen (secondary N) is 3. The molecule has 1 atom stereocenters. The van der Waals surface area contributed by atoms with Crippen molar-refractivity contribution in [2.75, 3.05) is 5.32 Å². The Morgan fingerprint density at radius 1 is 1.15 bits per heavy atom. The predicted molar refractivity (Wildman–Crippen MR) is 105 cm³/mol. The average molecular weight is 380 g/mol. The summed E-state index contributed by atoms with van der Waals surface area (Å²) in [4.78, 5) is 31.3. The smallest absolute Gasteiger partial charge is 0.326 e. The number of benzene rings is 2. The van der Waals surface area contributed by atoms with Gasteiger partial charge in [-0.15, -0.1) is 0 Å². The number of thiazole rings is 1. The van der Waals surface area contributed by atoms with E-state index in [4.69, 9.17) is 0 Å². The van der Waals surface area contributed by atoms with Gasteiger partial charge in [-0.25, -0.2) is 14.6 Å². The molecule has 7 nitrogen and oxygen atoms in total. The number of aromatic nitrogens is 2. The number of aliphatic carboxylic acids is 1. The number of carbonyl (C=O) groups excluding carboxylic acids is 1. The predicted octanol–water partition coefficient (Wildman–Crippen LogP) is 3.60. The van der Waals surface area contributed by atoms with Crippen molar-refractivity contribution in [3.8, 4) is 0 Å². The first-order chi connectivity index (χ1) is 13.1. The molecule has 0 radical (unpaired) electrons. The Labute approximate surface area is 158 Å². The van der Waals surface area contributed by atoms with Crippen LogP contribution in [-0.2, 0) is 11.2 Å². The van der Waals surface area contributed by atoms with Crippen LogP contribution >= 0.6 is 11.3 Å². The molecule has 136 valence electrons. The highest BCUT2D eigenvalue weighted by Gasteiger charge is 2.22. The zero-order valence-electron chi connectivity index (χ0n) is 14.1. The molecule has 0 spiro atoms. The van der Waals surface area contributed by atoms with Gasteiger partial charge in [-0.3, -0.25) is 5.32 Å². The summed E-state index contributed by atoms with van der Waals surface area (Å²) in [6.07, 6.45) is 1.94. The molecule has 2 aromatic carbocycles. The van der Waals surface area contributed by atoms with Gasteiger partial charge >= 0.3 is 12.0 Å². The third-order valence-electron chi connectivity index (χ3n) is 4.22. The number of carboxylic acid groups (broad SMARTS) is 1. The van der Waals surface area contributed by atoms with Crippen molar-refractivity contribution in [1.29, 1.82) is 0 Å². The zero-order valence-corrected chi connectivity index (χ0v) is 14.9. The minimum Gasteiger partial charge on any atom is -0.480 e. The normalized spacial score (nSPS) is 12.1. The number of H-pyrrole nitrogens is 1. The number of rotatable bonds is 5. The van der Waals surface area contributed by atoms with Crippen molar-refractivity contribution < 1.29 is 14.7 Å². The maximum absolute atomic E-state index is 12.3. The van der Waals surface area contributed by atoms with Crippen LogP contribution in [0.2, 0.25) is 0 Å². The van der Waals surface area contributed by atoms with Crippen LogP contribution < -0.4 is 10.6 Å². The van der Waals surface area contributed by atoms with Gasteiger partial charge in [0.05, 0.1) is 10.2 Å². The van der Waals surface area contributed by atoms with Crippen LogP contribution in [0.25, 0.3) is 21.1 Å². The monoisotopic (exact) mass is 380 g/mol. The van der Waals surface area contributed by atoms with Gasteiger partial charge in [-0.2, -0.15) is 0 Å². The molecule has 27 heavy (non-hydrogen) atoms. The first-order valence-corrected chi connectivity index (χ1v) is 9.13. The molecule has 0 saturated carbocycles. The van der Waals surface area contributed by atoms with E-state index in [9.17, 15) is 14.7 Å². The van der Waals surface area contributed by atoms with E-state index < -0.39 is 18.0 Å². The molecule has 0 unspecified atom stereocenters. The first-order valence-electron chi connectivity index (χ1n) is 8.31. The zero-order chi connectivity index (χ0) is 18.8. The van der Waals surface area contributed by atoms with Crippen molar-refractivity contribution in [2.45, 2.75) is 12.5 Å². The number of hydrogen-bond acceptors (Lipinski definition) is 4. The van der Waals surface area contributed by atoms with Crippen molar-refractivity contribution >= 4 is 49.6 Å². The number of para-hydroxylation sites is 2. The van der Waals surface area contributed by atoms with Crippen molar-refractivity contribution in [3.63, 3.8) is 0 Å². The van der Waals surface area contributed by atoms with Gasteiger partial charge in [0, 0.05) is 23.5 Å². The fourth-order valence-corrected chi connectivity index (χ4v) is 3.80. The lowest BCUT2D eigenvalue weighted by Gasteiger charge is -2.14. The summed E-state index contributed by atoms with van der Waals surface area (Å²) in [5.41, 5.74) is 2.54. The molecule has 0 aliphatic carbocycles. The number of nitrogens with zero attached hydrogens (tertiary/aromatic N) is 1.